The first-order valence-corrected chi connectivity index (χ1v) is 14.0. The molecule has 2 aromatic heterocycles. The Hall–Kier alpha value is -4.02. The number of carbonyl (C=O) groups excluding carboxylic acids is 1. The van der Waals surface area contributed by atoms with Crippen LogP contribution in [0.3, 0.4) is 0 Å². The van der Waals surface area contributed by atoms with E-state index in [2.05, 4.69) is 20.5 Å². The number of benzene rings is 2. The number of aliphatic hydroxyl groups is 2. The number of aromatic nitrogens is 3. The van der Waals surface area contributed by atoms with E-state index < -0.39 is 28.7 Å². The van der Waals surface area contributed by atoms with Gasteiger partial charge in [0.05, 0.1) is 30.6 Å². The SMILES string of the molecule is COc1cc(C(=O)NC[C@](O)(c2cc(C(C)(C)O)c(F)c(-c3ccc(F)cc3)n2)C2CC2)cc2cc(C3CC3)nnc12. The minimum atomic E-state index is -1.65. The zero-order valence-corrected chi connectivity index (χ0v) is 23.6. The van der Waals surface area contributed by atoms with E-state index in [0.717, 1.165) is 23.9 Å². The normalized spacial score (nSPS) is 16.7. The lowest BCUT2D eigenvalue weighted by atomic mass is 9.87. The molecule has 0 bridgehead atoms. The summed E-state index contributed by atoms with van der Waals surface area (Å²) in [6.07, 6.45) is 3.49. The monoisotopic (exact) mass is 574 g/mol. The molecule has 0 aliphatic heterocycles. The molecule has 0 spiro atoms. The second-order valence-electron chi connectivity index (χ2n) is 11.8. The fourth-order valence-electron chi connectivity index (χ4n) is 5.33. The van der Waals surface area contributed by atoms with Crippen molar-refractivity contribution in [2.45, 2.75) is 56.7 Å². The molecular weight excluding hydrogens is 542 g/mol. The number of hydrogen-bond donors (Lipinski definition) is 3. The molecule has 1 atom stereocenters. The van der Waals surface area contributed by atoms with E-state index >= 15 is 4.39 Å². The number of nitrogens with one attached hydrogen (secondary N) is 1. The number of rotatable bonds is 9. The molecule has 2 fully saturated rings. The molecule has 1 amide bonds. The second kappa shape index (κ2) is 10.4. The first kappa shape index (κ1) is 28.1. The first-order valence-electron chi connectivity index (χ1n) is 14.0. The zero-order chi connectivity index (χ0) is 29.8. The second-order valence-corrected chi connectivity index (χ2v) is 11.8. The average molecular weight is 575 g/mol. The molecule has 218 valence electrons. The van der Waals surface area contributed by atoms with Crippen LogP contribution in [0.25, 0.3) is 22.2 Å². The minimum absolute atomic E-state index is 0.0657. The van der Waals surface area contributed by atoms with Gasteiger partial charge in [-0.05, 0) is 94.0 Å². The van der Waals surface area contributed by atoms with Gasteiger partial charge < -0.3 is 20.3 Å². The Morgan fingerprint density at radius 1 is 1.02 bits per heavy atom. The summed E-state index contributed by atoms with van der Waals surface area (Å²) in [5.41, 5.74) is -1.28. The number of hydrogen-bond acceptors (Lipinski definition) is 7. The Balaban J connectivity index is 1.35. The summed E-state index contributed by atoms with van der Waals surface area (Å²) in [5, 5.41) is 35.0. The number of ether oxygens (including phenoxy) is 1. The van der Waals surface area contributed by atoms with Gasteiger partial charge in [-0.15, -0.1) is 5.10 Å². The largest absolute Gasteiger partial charge is 0.494 e. The maximum atomic E-state index is 15.7. The van der Waals surface area contributed by atoms with Crippen molar-refractivity contribution in [1.82, 2.24) is 20.5 Å². The summed E-state index contributed by atoms with van der Waals surface area (Å²) < 4.78 is 34.8. The van der Waals surface area contributed by atoms with Crippen molar-refractivity contribution in [2.24, 2.45) is 5.92 Å². The van der Waals surface area contributed by atoms with Crippen LogP contribution in [0.4, 0.5) is 8.78 Å². The smallest absolute Gasteiger partial charge is 0.251 e. The van der Waals surface area contributed by atoms with Crippen LogP contribution in [-0.4, -0.2) is 45.0 Å². The average Bonchev–Trinajstić information content (AvgIpc) is 3.88. The molecule has 6 rings (SSSR count). The molecule has 0 unspecified atom stereocenters. The van der Waals surface area contributed by atoms with E-state index in [1.807, 2.05) is 6.07 Å². The lowest BCUT2D eigenvalue weighted by molar-refractivity contribution is 0.00864. The third-order valence-electron chi connectivity index (χ3n) is 8.10. The Kier molecular flexibility index (Phi) is 6.93. The van der Waals surface area contributed by atoms with E-state index in [9.17, 15) is 19.4 Å². The van der Waals surface area contributed by atoms with Crippen molar-refractivity contribution < 1.29 is 28.5 Å². The highest BCUT2D eigenvalue weighted by Gasteiger charge is 2.47. The number of fused-ring (bicyclic) bond motifs is 1. The number of amides is 1. The summed E-state index contributed by atoms with van der Waals surface area (Å²) in [6.45, 7) is 2.67. The van der Waals surface area contributed by atoms with Crippen molar-refractivity contribution in [1.29, 1.82) is 0 Å². The summed E-state index contributed by atoms with van der Waals surface area (Å²) in [4.78, 5) is 17.9. The molecule has 2 aliphatic carbocycles. The molecule has 2 heterocycles. The van der Waals surface area contributed by atoms with Gasteiger partial charge in [0, 0.05) is 28.0 Å². The van der Waals surface area contributed by atoms with Gasteiger partial charge in [-0.2, -0.15) is 5.10 Å². The van der Waals surface area contributed by atoms with Crippen LogP contribution in [0.1, 0.15) is 72.8 Å². The Morgan fingerprint density at radius 2 is 1.74 bits per heavy atom. The third kappa shape index (κ3) is 5.32. The lowest BCUT2D eigenvalue weighted by Crippen LogP contribution is -2.43. The maximum Gasteiger partial charge on any atom is 0.251 e. The zero-order valence-electron chi connectivity index (χ0n) is 23.6. The summed E-state index contributed by atoms with van der Waals surface area (Å²) >= 11 is 0. The number of methoxy groups -OCH3 is 1. The van der Waals surface area contributed by atoms with Crippen LogP contribution in [0.2, 0.25) is 0 Å². The van der Waals surface area contributed by atoms with Gasteiger partial charge in [-0.3, -0.25) is 4.79 Å². The molecule has 2 aliphatic rings. The van der Waals surface area contributed by atoms with Crippen LogP contribution < -0.4 is 10.1 Å². The van der Waals surface area contributed by atoms with Crippen LogP contribution in [0.15, 0.2) is 48.5 Å². The van der Waals surface area contributed by atoms with Crippen LogP contribution in [0.5, 0.6) is 5.75 Å². The van der Waals surface area contributed by atoms with E-state index in [-0.39, 0.29) is 29.4 Å². The summed E-state index contributed by atoms with van der Waals surface area (Å²) in [7, 11) is 1.50. The number of carbonyl (C=O) groups is 1. The van der Waals surface area contributed by atoms with E-state index in [1.165, 1.54) is 51.3 Å². The molecule has 8 nitrogen and oxygen atoms in total. The Labute approximate surface area is 241 Å². The topological polar surface area (TPSA) is 117 Å². The van der Waals surface area contributed by atoms with Crippen LogP contribution >= 0.6 is 0 Å². The lowest BCUT2D eigenvalue weighted by Gasteiger charge is -2.31. The van der Waals surface area contributed by atoms with Crippen molar-refractivity contribution in [3.63, 3.8) is 0 Å². The highest BCUT2D eigenvalue weighted by Crippen LogP contribution is 2.46. The number of halogens is 2. The molecule has 42 heavy (non-hydrogen) atoms. The fraction of sp³-hybridized carbons (Fsp3) is 0.375. The van der Waals surface area contributed by atoms with Crippen LogP contribution in [-0.2, 0) is 11.2 Å². The standard InChI is InChI=1S/C32H32F2N4O4/c1-31(2,40)23-15-26(36-29(27(23)34)18-6-10-22(33)11-7-18)32(41,21-8-9-21)16-35-30(39)20-12-19-13-24(17-4-5-17)37-38-28(19)25(14-20)42-3/h6-7,10-15,17,21,40-41H,4-5,8-9,16H2,1-3H3,(H,35,39)/t32-/m1/s1. The molecule has 2 saturated carbocycles. The maximum absolute atomic E-state index is 15.7. The Morgan fingerprint density at radius 3 is 2.36 bits per heavy atom. The number of pyridine rings is 1. The molecule has 4 aromatic rings. The molecule has 10 heteroatoms. The van der Waals surface area contributed by atoms with E-state index in [0.29, 0.717) is 41.2 Å². The van der Waals surface area contributed by atoms with Gasteiger partial charge in [-0.25, -0.2) is 13.8 Å². The van der Waals surface area contributed by atoms with Gasteiger partial charge in [-0.1, -0.05) is 0 Å². The highest BCUT2D eigenvalue weighted by molar-refractivity contribution is 6.00. The summed E-state index contributed by atoms with van der Waals surface area (Å²) in [6, 6.07) is 11.7. The van der Waals surface area contributed by atoms with Crippen molar-refractivity contribution in [3.05, 3.63) is 82.7 Å². The van der Waals surface area contributed by atoms with Crippen molar-refractivity contribution in [3.8, 4) is 17.0 Å². The van der Waals surface area contributed by atoms with Crippen LogP contribution in [0, 0.1) is 17.6 Å². The summed E-state index contributed by atoms with van der Waals surface area (Å²) in [5.74, 6) is -1.15. The minimum Gasteiger partial charge on any atom is -0.494 e. The molecular formula is C32H32F2N4O4. The number of nitrogens with zero attached hydrogens (tertiary/aromatic N) is 3. The Bertz CT molecular complexity index is 1680. The van der Waals surface area contributed by atoms with Gasteiger partial charge in [0.1, 0.15) is 28.4 Å². The van der Waals surface area contributed by atoms with Gasteiger partial charge >= 0.3 is 0 Å². The first-order chi connectivity index (χ1) is 20.0. The van der Waals surface area contributed by atoms with Crippen molar-refractivity contribution in [2.75, 3.05) is 13.7 Å². The van der Waals surface area contributed by atoms with Gasteiger partial charge in [0.15, 0.2) is 5.82 Å². The van der Waals surface area contributed by atoms with E-state index in [4.69, 9.17) is 4.74 Å². The predicted octanol–water partition coefficient (Wildman–Crippen LogP) is 5.11. The van der Waals surface area contributed by atoms with Gasteiger partial charge in [0.25, 0.3) is 5.91 Å². The molecule has 0 saturated heterocycles. The quantitative estimate of drug-likeness (QED) is 0.254. The third-order valence-corrected chi connectivity index (χ3v) is 8.10. The fourth-order valence-corrected chi connectivity index (χ4v) is 5.33. The van der Waals surface area contributed by atoms with E-state index in [1.54, 1.807) is 12.1 Å². The predicted molar refractivity (Wildman–Crippen MR) is 152 cm³/mol. The van der Waals surface area contributed by atoms with Gasteiger partial charge in [0.2, 0.25) is 0 Å². The van der Waals surface area contributed by atoms with Crippen molar-refractivity contribution >= 4 is 16.8 Å². The molecule has 2 aromatic carbocycles. The highest BCUT2D eigenvalue weighted by atomic mass is 19.1. The molecule has 3 N–H and O–H groups in total. The molecule has 0 radical (unpaired) electrons.